The summed E-state index contributed by atoms with van der Waals surface area (Å²) in [5, 5.41) is 0.651. The highest BCUT2D eigenvalue weighted by molar-refractivity contribution is 8.00. The van der Waals surface area contributed by atoms with Gasteiger partial charge in [-0.1, -0.05) is 23.7 Å². The number of rotatable bonds is 6. The zero-order chi connectivity index (χ0) is 15.2. The van der Waals surface area contributed by atoms with E-state index in [0.29, 0.717) is 27.8 Å². The van der Waals surface area contributed by atoms with Crippen molar-refractivity contribution in [3.8, 4) is 11.5 Å². The Labute approximate surface area is 133 Å². The molecule has 5 heteroatoms. The van der Waals surface area contributed by atoms with Crippen LogP contribution in [0.4, 0.5) is 0 Å². The van der Waals surface area contributed by atoms with Crippen LogP contribution in [0.2, 0.25) is 5.02 Å². The number of thioether (sulfide) groups is 1. The highest BCUT2D eigenvalue weighted by atomic mass is 35.5. The zero-order valence-electron chi connectivity index (χ0n) is 11.8. The first kappa shape index (κ1) is 15.7. The highest BCUT2D eigenvalue weighted by Gasteiger charge is 2.11. The lowest BCUT2D eigenvalue weighted by atomic mass is 10.1. The van der Waals surface area contributed by atoms with Gasteiger partial charge < -0.3 is 9.47 Å². The van der Waals surface area contributed by atoms with E-state index in [0.717, 1.165) is 4.90 Å². The van der Waals surface area contributed by atoms with Crippen molar-refractivity contribution < 1.29 is 14.3 Å². The van der Waals surface area contributed by atoms with Gasteiger partial charge in [0.1, 0.15) is 11.5 Å². The molecule has 110 valence electrons. The van der Waals surface area contributed by atoms with Crippen molar-refractivity contribution in [2.24, 2.45) is 0 Å². The van der Waals surface area contributed by atoms with Crippen molar-refractivity contribution in [2.45, 2.75) is 4.90 Å². The molecule has 0 saturated carbocycles. The van der Waals surface area contributed by atoms with E-state index in [-0.39, 0.29) is 5.78 Å². The molecule has 3 nitrogen and oxygen atoms in total. The maximum atomic E-state index is 12.3. The summed E-state index contributed by atoms with van der Waals surface area (Å²) >= 11 is 7.49. The Morgan fingerprint density at radius 3 is 2.29 bits per heavy atom. The molecule has 0 atom stereocenters. The van der Waals surface area contributed by atoms with E-state index in [9.17, 15) is 4.79 Å². The molecule has 0 heterocycles. The molecule has 2 aromatic carbocycles. The summed E-state index contributed by atoms with van der Waals surface area (Å²) in [4.78, 5) is 13.2. The van der Waals surface area contributed by atoms with E-state index in [4.69, 9.17) is 21.1 Å². The van der Waals surface area contributed by atoms with Crippen LogP contribution in [0.1, 0.15) is 10.4 Å². The maximum Gasteiger partial charge on any atom is 0.173 e. The topological polar surface area (TPSA) is 35.5 Å². The zero-order valence-corrected chi connectivity index (χ0v) is 13.3. The van der Waals surface area contributed by atoms with Crippen LogP contribution in [0, 0.1) is 0 Å². The van der Waals surface area contributed by atoms with Gasteiger partial charge in [0.25, 0.3) is 0 Å². The molecule has 21 heavy (non-hydrogen) atoms. The Hall–Kier alpha value is -1.65. The summed E-state index contributed by atoms with van der Waals surface area (Å²) in [5.74, 6) is 1.50. The fourth-order valence-corrected chi connectivity index (χ4v) is 2.89. The van der Waals surface area contributed by atoms with Crippen molar-refractivity contribution in [2.75, 3.05) is 20.0 Å². The third kappa shape index (κ3) is 4.16. The Morgan fingerprint density at radius 2 is 1.71 bits per heavy atom. The van der Waals surface area contributed by atoms with Crippen LogP contribution >= 0.6 is 23.4 Å². The van der Waals surface area contributed by atoms with Gasteiger partial charge in [-0.25, -0.2) is 0 Å². The smallest absolute Gasteiger partial charge is 0.173 e. The van der Waals surface area contributed by atoms with E-state index in [1.165, 1.54) is 11.8 Å². The van der Waals surface area contributed by atoms with Gasteiger partial charge in [0.15, 0.2) is 5.78 Å². The molecule has 0 aliphatic rings. The molecule has 0 radical (unpaired) electrons. The first-order valence-corrected chi connectivity index (χ1v) is 7.64. The van der Waals surface area contributed by atoms with E-state index in [2.05, 4.69) is 0 Å². The van der Waals surface area contributed by atoms with Gasteiger partial charge >= 0.3 is 0 Å². The fourth-order valence-electron chi connectivity index (χ4n) is 1.76. The largest absolute Gasteiger partial charge is 0.497 e. The van der Waals surface area contributed by atoms with Crippen molar-refractivity contribution in [3.05, 3.63) is 53.1 Å². The third-order valence-electron chi connectivity index (χ3n) is 2.87. The summed E-state index contributed by atoms with van der Waals surface area (Å²) in [6.07, 6.45) is 0. The van der Waals surface area contributed by atoms with E-state index >= 15 is 0 Å². The predicted molar refractivity (Wildman–Crippen MR) is 86.1 cm³/mol. The number of benzene rings is 2. The van der Waals surface area contributed by atoms with Crippen LogP contribution in [0.5, 0.6) is 11.5 Å². The SMILES string of the molecule is COc1cc(OC)cc(C(=O)CSc2ccccc2Cl)c1. The minimum absolute atomic E-state index is 0.00267. The molecule has 0 bridgehead atoms. The normalized spacial score (nSPS) is 10.2. The molecule has 0 amide bonds. The molecule has 0 aliphatic heterocycles. The van der Waals surface area contributed by atoms with Crippen LogP contribution in [0.25, 0.3) is 0 Å². The number of ether oxygens (including phenoxy) is 2. The average molecular weight is 323 g/mol. The summed E-state index contributed by atoms with van der Waals surface area (Å²) in [5.41, 5.74) is 0.561. The van der Waals surface area contributed by atoms with Crippen LogP contribution in [-0.2, 0) is 0 Å². The molecule has 0 N–H and O–H groups in total. The predicted octanol–water partition coefficient (Wildman–Crippen LogP) is 4.33. The van der Waals surface area contributed by atoms with Crippen molar-refractivity contribution in [3.63, 3.8) is 0 Å². The lowest BCUT2D eigenvalue weighted by Crippen LogP contribution is -2.03. The summed E-state index contributed by atoms with van der Waals surface area (Å²) < 4.78 is 10.3. The number of carbonyl (C=O) groups is 1. The van der Waals surface area contributed by atoms with Crippen LogP contribution in [-0.4, -0.2) is 25.8 Å². The molecular formula is C16H15ClO3S. The second kappa shape index (κ2) is 7.38. The molecule has 0 saturated heterocycles. The van der Waals surface area contributed by atoms with E-state index in [1.54, 1.807) is 32.4 Å². The molecule has 0 aromatic heterocycles. The molecule has 2 aromatic rings. The quantitative estimate of drug-likeness (QED) is 0.585. The van der Waals surface area contributed by atoms with Gasteiger partial charge in [-0.15, -0.1) is 11.8 Å². The molecule has 0 aliphatic carbocycles. The summed E-state index contributed by atoms with van der Waals surface area (Å²) in [6, 6.07) is 12.6. The van der Waals surface area contributed by atoms with Gasteiger partial charge in [-0.2, -0.15) is 0 Å². The number of carbonyl (C=O) groups excluding carboxylic acids is 1. The van der Waals surface area contributed by atoms with Gasteiger partial charge in [-0.05, 0) is 24.3 Å². The van der Waals surface area contributed by atoms with Crippen LogP contribution < -0.4 is 9.47 Å². The van der Waals surface area contributed by atoms with Crippen molar-refractivity contribution >= 4 is 29.1 Å². The fraction of sp³-hybridized carbons (Fsp3) is 0.188. The Balaban J connectivity index is 2.11. The first-order chi connectivity index (χ1) is 10.1. The second-order valence-electron chi connectivity index (χ2n) is 4.24. The van der Waals surface area contributed by atoms with Crippen LogP contribution in [0.3, 0.4) is 0 Å². The van der Waals surface area contributed by atoms with E-state index < -0.39 is 0 Å². The number of Topliss-reactive ketones (excluding diaryl/α,β-unsaturated/α-hetero) is 1. The molecule has 2 rings (SSSR count). The number of methoxy groups -OCH3 is 2. The molecular weight excluding hydrogens is 308 g/mol. The van der Waals surface area contributed by atoms with Gasteiger partial charge in [0, 0.05) is 16.5 Å². The first-order valence-electron chi connectivity index (χ1n) is 6.27. The average Bonchev–Trinajstić information content (AvgIpc) is 2.53. The summed E-state index contributed by atoms with van der Waals surface area (Å²) in [7, 11) is 3.11. The number of halogens is 1. The van der Waals surface area contributed by atoms with Gasteiger partial charge in [0.05, 0.1) is 25.0 Å². The Bertz CT molecular complexity index is 621. The number of ketones is 1. The van der Waals surface area contributed by atoms with Crippen molar-refractivity contribution in [1.82, 2.24) is 0 Å². The second-order valence-corrected chi connectivity index (χ2v) is 5.67. The molecule has 0 fully saturated rings. The third-order valence-corrected chi connectivity index (χ3v) is 4.38. The minimum atomic E-state index is -0.00267. The standard InChI is InChI=1S/C16H15ClO3S/c1-19-12-7-11(8-13(9-12)20-2)15(18)10-21-16-6-4-3-5-14(16)17/h3-9H,10H2,1-2H3. The number of hydrogen-bond acceptors (Lipinski definition) is 4. The lowest BCUT2D eigenvalue weighted by molar-refractivity contribution is 0.102. The maximum absolute atomic E-state index is 12.3. The van der Waals surface area contributed by atoms with Gasteiger partial charge in [-0.3, -0.25) is 4.79 Å². The number of hydrogen-bond donors (Lipinski definition) is 0. The molecule has 0 spiro atoms. The molecule has 0 unspecified atom stereocenters. The minimum Gasteiger partial charge on any atom is -0.497 e. The lowest BCUT2D eigenvalue weighted by Gasteiger charge is -2.08. The Morgan fingerprint density at radius 1 is 1.10 bits per heavy atom. The van der Waals surface area contributed by atoms with Crippen LogP contribution in [0.15, 0.2) is 47.4 Å². The van der Waals surface area contributed by atoms with E-state index in [1.807, 2.05) is 24.3 Å². The highest BCUT2D eigenvalue weighted by Crippen LogP contribution is 2.28. The Kier molecular flexibility index (Phi) is 5.53. The van der Waals surface area contributed by atoms with Crippen molar-refractivity contribution in [1.29, 1.82) is 0 Å². The monoisotopic (exact) mass is 322 g/mol. The van der Waals surface area contributed by atoms with Gasteiger partial charge in [0.2, 0.25) is 0 Å². The summed E-state index contributed by atoms with van der Waals surface area (Å²) in [6.45, 7) is 0.